The molecule has 4 rings (SSSR count). The third kappa shape index (κ3) is 3.90. The molecular formula is C21H18N6O2S. The van der Waals surface area contributed by atoms with Crippen molar-refractivity contribution in [3.05, 3.63) is 60.3 Å². The van der Waals surface area contributed by atoms with E-state index in [1.807, 2.05) is 59.3 Å². The Labute approximate surface area is 177 Å². The number of carbonyl (C=O) groups excluding carboxylic acids is 1. The third-order valence-corrected chi connectivity index (χ3v) is 5.56. The summed E-state index contributed by atoms with van der Waals surface area (Å²) in [6, 6.07) is 17.2. The number of rotatable bonds is 8. The van der Waals surface area contributed by atoms with Crippen LogP contribution in [0.2, 0.25) is 0 Å². The molecule has 0 aliphatic rings. The van der Waals surface area contributed by atoms with Crippen molar-refractivity contribution in [1.29, 1.82) is 5.26 Å². The van der Waals surface area contributed by atoms with Gasteiger partial charge in [-0.25, -0.2) is 0 Å². The highest BCUT2D eigenvalue weighted by molar-refractivity contribution is 7.99. The lowest BCUT2D eigenvalue weighted by Crippen LogP contribution is -2.05. The van der Waals surface area contributed by atoms with Crippen LogP contribution in [0.15, 0.2) is 59.9 Å². The lowest BCUT2D eigenvalue weighted by molar-refractivity contribution is 0.102. The number of tetrazole rings is 1. The molecule has 4 aromatic rings. The number of Topliss-reactive ketones (excluding diaryl/α,β-unsaturated/α-hetero) is 1. The van der Waals surface area contributed by atoms with Crippen LogP contribution in [0.3, 0.4) is 0 Å². The summed E-state index contributed by atoms with van der Waals surface area (Å²) in [7, 11) is 1.61. The molecule has 0 saturated carbocycles. The van der Waals surface area contributed by atoms with Gasteiger partial charge in [0.1, 0.15) is 5.75 Å². The van der Waals surface area contributed by atoms with Crippen molar-refractivity contribution in [3.63, 3.8) is 0 Å². The Bertz CT molecular complexity index is 1220. The standard InChI is InChI=1S/C21H18N6O2S/c1-29-16-9-7-15(8-10-16)27-21(23-24-25-27)30-14-20(28)18-13-26(12-4-11-22)19-6-3-2-5-17(18)19/h2-3,5-10,13H,4,12,14H2,1H3. The molecular weight excluding hydrogens is 400 g/mol. The van der Waals surface area contributed by atoms with E-state index < -0.39 is 0 Å². The van der Waals surface area contributed by atoms with Crippen LogP contribution in [0.1, 0.15) is 16.8 Å². The Hall–Kier alpha value is -3.64. The summed E-state index contributed by atoms with van der Waals surface area (Å²) in [5, 5.41) is 22.1. The first-order valence-electron chi connectivity index (χ1n) is 9.25. The molecule has 0 saturated heterocycles. The van der Waals surface area contributed by atoms with Crippen LogP contribution in [-0.2, 0) is 6.54 Å². The zero-order valence-electron chi connectivity index (χ0n) is 16.2. The highest BCUT2D eigenvalue weighted by atomic mass is 32.2. The molecule has 2 aromatic carbocycles. The van der Waals surface area contributed by atoms with E-state index in [1.54, 1.807) is 11.8 Å². The van der Waals surface area contributed by atoms with Crippen LogP contribution in [0.5, 0.6) is 5.75 Å². The van der Waals surface area contributed by atoms with Crippen molar-refractivity contribution < 1.29 is 9.53 Å². The quantitative estimate of drug-likeness (QED) is 0.319. The summed E-state index contributed by atoms with van der Waals surface area (Å²) < 4.78 is 8.72. The number of ether oxygens (including phenoxy) is 1. The first-order valence-corrected chi connectivity index (χ1v) is 10.2. The number of benzene rings is 2. The summed E-state index contributed by atoms with van der Waals surface area (Å²) in [6.07, 6.45) is 2.22. The number of fused-ring (bicyclic) bond motifs is 1. The van der Waals surface area contributed by atoms with Crippen molar-refractivity contribution in [1.82, 2.24) is 24.8 Å². The van der Waals surface area contributed by atoms with E-state index in [0.29, 0.717) is 23.7 Å². The summed E-state index contributed by atoms with van der Waals surface area (Å²) >= 11 is 1.28. The Morgan fingerprint density at radius 1 is 1.20 bits per heavy atom. The molecule has 0 spiro atoms. The number of nitrogens with zero attached hydrogens (tertiary/aromatic N) is 6. The van der Waals surface area contributed by atoms with E-state index in [-0.39, 0.29) is 11.5 Å². The van der Waals surface area contributed by atoms with Gasteiger partial charge in [-0.05, 0) is 40.8 Å². The fourth-order valence-electron chi connectivity index (χ4n) is 3.19. The molecule has 2 aromatic heterocycles. The smallest absolute Gasteiger partial charge is 0.214 e. The Balaban J connectivity index is 1.54. The van der Waals surface area contributed by atoms with Crippen molar-refractivity contribution in [2.24, 2.45) is 0 Å². The number of thioether (sulfide) groups is 1. The minimum absolute atomic E-state index is 0.0174. The molecule has 0 atom stereocenters. The van der Waals surface area contributed by atoms with Gasteiger partial charge in [0.2, 0.25) is 5.16 Å². The van der Waals surface area contributed by atoms with Crippen LogP contribution < -0.4 is 4.74 Å². The second kappa shape index (κ2) is 8.80. The summed E-state index contributed by atoms with van der Waals surface area (Å²) in [5.74, 6) is 0.920. The van der Waals surface area contributed by atoms with E-state index in [4.69, 9.17) is 10.00 Å². The van der Waals surface area contributed by atoms with Crippen LogP contribution in [-0.4, -0.2) is 43.4 Å². The van der Waals surface area contributed by atoms with Gasteiger partial charge >= 0.3 is 0 Å². The second-order valence-corrected chi connectivity index (χ2v) is 7.39. The predicted octanol–water partition coefficient (Wildman–Crippen LogP) is 3.51. The topological polar surface area (TPSA) is 98.6 Å². The molecule has 150 valence electrons. The highest BCUT2D eigenvalue weighted by Gasteiger charge is 2.17. The number of aromatic nitrogens is 5. The Morgan fingerprint density at radius 3 is 2.77 bits per heavy atom. The fourth-order valence-corrected chi connectivity index (χ4v) is 3.96. The third-order valence-electron chi connectivity index (χ3n) is 4.64. The molecule has 0 unspecified atom stereocenters. The molecule has 2 heterocycles. The normalized spacial score (nSPS) is 10.8. The monoisotopic (exact) mass is 418 g/mol. The fraction of sp³-hybridized carbons (Fsp3) is 0.190. The number of hydrogen-bond donors (Lipinski definition) is 0. The van der Waals surface area contributed by atoms with Gasteiger partial charge in [-0.2, -0.15) is 9.94 Å². The lowest BCUT2D eigenvalue weighted by Gasteiger charge is -2.05. The second-order valence-electron chi connectivity index (χ2n) is 6.44. The first-order chi connectivity index (χ1) is 14.7. The van der Waals surface area contributed by atoms with E-state index >= 15 is 0 Å². The maximum Gasteiger partial charge on any atom is 0.214 e. The lowest BCUT2D eigenvalue weighted by atomic mass is 10.1. The Kier molecular flexibility index (Phi) is 5.77. The number of para-hydroxylation sites is 1. The van der Waals surface area contributed by atoms with E-state index in [2.05, 4.69) is 21.6 Å². The molecule has 0 aliphatic heterocycles. The average molecular weight is 418 g/mol. The van der Waals surface area contributed by atoms with E-state index in [9.17, 15) is 4.79 Å². The van der Waals surface area contributed by atoms with Gasteiger partial charge in [0, 0.05) is 29.2 Å². The predicted molar refractivity (Wildman–Crippen MR) is 113 cm³/mol. The van der Waals surface area contributed by atoms with Gasteiger partial charge < -0.3 is 9.30 Å². The van der Waals surface area contributed by atoms with Crippen LogP contribution in [0.25, 0.3) is 16.6 Å². The minimum Gasteiger partial charge on any atom is -0.497 e. The molecule has 0 N–H and O–H groups in total. The van der Waals surface area contributed by atoms with Crippen LogP contribution in [0, 0.1) is 11.3 Å². The van der Waals surface area contributed by atoms with Gasteiger partial charge in [0.25, 0.3) is 0 Å². The number of hydrogen-bond acceptors (Lipinski definition) is 7. The molecule has 0 aliphatic carbocycles. The van der Waals surface area contributed by atoms with Crippen molar-refractivity contribution >= 4 is 28.4 Å². The number of methoxy groups -OCH3 is 1. The van der Waals surface area contributed by atoms with Gasteiger partial charge in [-0.1, -0.05) is 30.0 Å². The number of ketones is 1. The number of nitriles is 1. The Morgan fingerprint density at radius 2 is 2.00 bits per heavy atom. The van der Waals surface area contributed by atoms with Crippen molar-refractivity contribution in [2.75, 3.05) is 12.9 Å². The molecule has 8 nitrogen and oxygen atoms in total. The van der Waals surface area contributed by atoms with Crippen molar-refractivity contribution in [2.45, 2.75) is 18.1 Å². The van der Waals surface area contributed by atoms with Gasteiger partial charge in [-0.3, -0.25) is 4.79 Å². The molecule has 9 heteroatoms. The maximum atomic E-state index is 13.0. The van der Waals surface area contributed by atoms with Gasteiger partial charge in [0.15, 0.2) is 5.78 Å². The van der Waals surface area contributed by atoms with Gasteiger partial charge in [0.05, 0.1) is 31.0 Å². The van der Waals surface area contributed by atoms with Gasteiger partial charge in [-0.15, -0.1) is 5.10 Å². The van der Waals surface area contributed by atoms with E-state index in [0.717, 1.165) is 22.3 Å². The largest absolute Gasteiger partial charge is 0.497 e. The zero-order chi connectivity index (χ0) is 20.9. The number of carbonyl (C=O) groups is 1. The molecule has 30 heavy (non-hydrogen) atoms. The molecule has 0 fully saturated rings. The molecule has 0 bridgehead atoms. The molecule has 0 amide bonds. The van der Waals surface area contributed by atoms with E-state index in [1.165, 1.54) is 11.8 Å². The zero-order valence-corrected chi connectivity index (χ0v) is 17.0. The maximum absolute atomic E-state index is 13.0. The molecule has 0 radical (unpaired) electrons. The average Bonchev–Trinajstić information content (AvgIpc) is 3.41. The first kappa shape index (κ1) is 19.7. The minimum atomic E-state index is -0.0174. The highest BCUT2D eigenvalue weighted by Crippen LogP contribution is 2.25. The summed E-state index contributed by atoms with van der Waals surface area (Å²) in [6.45, 7) is 0.549. The van der Waals surface area contributed by atoms with Crippen molar-refractivity contribution in [3.8, 4) is 17.5 Å². The summed E-state index contributed by atoms with van der Waals surface area (Å²) in [5.41, 5.74) is 2.37. The van der Waals surface area contributed by atoms with Crippen LogP contribution >= 0.6 is 11.8 Å². The number of aryl methyl sites for hydroxylation is 1. The SMILES string of the molecule is COc1ccc(-n2nnnc2SCC(=O)c2cn(CCC#N)c3ccccc23)cc1. The van der Waals surface area contributed by atoms with Crippen LogP contribution in [0.4, 0.5) is 0 Å². The summed E-state index contributed by atoms with van der Waals surface area (Å²) in [4.78, 5) is 13.0.